The van der Waals surface area contributed by atoms with Crippen molar-refractivity contribution < 1.29 is 14.0 Å². The number of benzene rings is 1. The Bertz CT molecular complexity index is 769. The molecule has 5 nitrogen and oxygen atoms in total. The molecule has 0 saturated carbocycles. The number of anilines is 1. The highest BCUT2D eigenvalue weighted by Gasteiger charge is 2.31. The van der Waals surface area contributed by atoms with E-state index in [0.717, 1.165) is 5.69 Å². The van der Waals surface area contributed by atoms with Crippen LogP contribution >= 0.6 is 11.3 Å². The molecule has 2 aromatic rings. The van der Waals surface area contributed by atoms with Gasteiger partial charge in [0.1, 0.15) is 11.9 Å². The lowest BCUT2D eigenvalue weighted by atomic mass is 10.0. The van der Waals surface area contributed by atoms with Crippen LogP contribution in [0.3, 0.4) is 0 Å². The molecule has 7 heteroatoms. The summed E-state index contributed by atoms with van der Waals surface area (Å²) >= 11 is 1.36. The molecule has 144 valence electrons. The second-order valence-corrected chi connectivity index (χ2v) is 7.91. The lowest BCUT2D eigenvalue weighted by molar-refractivity contribution is -0.134. The third-order valence-corrected chi connectivity index (χ3v) is 5.62. The minimum atomic E-state index is -0.544. The summed E-state index contributed by atoms with van der Waals surface area (Å²) in [4.78, 5) is 29.9. The van der Waals surface area contributed by atoms with Crippen molar-refractivity contribution >= 4 is 28.8 Å². The third kappa shape index (κ3) is 4.66. The maximum Gasteiger partial charge on any atom is 0.262 e. The average Bonchev–Trinajstić information content (AvgIpc) is 3.21. The highest BCUT2D eigenvalue weighted by atomic mass is 32.1. The quantitative estimate of drug-likeness (QED) is 0.855. The van der Waals surface area contributed by atoms with Crippen molar-refractivity contribution in [2.75, 3.05) is 31.1 Å². The molecule has 1 aromatic heterocycles. The smallest absolute Gasteiger partial charge is 0.262 e. The van der Waals surface area contributed by atoms with Gasteiger partial charge in [-0.25, -0.2) is 4.39 Å². The predicted molar refractivity (Wildman–Crippen MR) is 106 cm³/mol. The number of piperazine rings is 1. The van der Waals surface area contributed by atoms with Crippen molar-refractivity contribution in [3.8, 4) is 0 Å². The lowest BCUT2D eigenvalue weighted by Crippen LogP contribution is -2.56. The summed E-state index contributed by atoms with van der Waals surface area (Å²) in [6, 6.07) is 9.43. The van der Waals surface area contributed by atoms with E-state index in [4.69, 9.17) is 0 Å². The molecule has 1 aliphatic heterocycles. The number of hydrogen-bond donors (Lipinski definition) is 1. The van der Waals surface area contributed by atoms with Gasteiger partial charge in [0, 0.05) is 31.9 Å². The molecule has 1 aliphatic rings. The number of rotatable bonds is 5. The van der Waals surface area contributed by atoms with Crippen molar-refractivity contribution in [1.29, 1.82) is 0 Å². The van der Waals surface area contributed by atoms with E-state index in [2.05, 4.69) is 10.2 Å². The monoisotopic (exact) mass is 389 g/mol. The highest BCUT2D eigenvalue weighted by Crippen LogP contribution is 2.18. The van der Waals surface area contributed by atoms with Crippen LogP contribution in [-0.4, -0.2) is 48.9 Å². The normalized spacial score (nSPS) is 15.7. The molecular formula is C20H24FN3O2S. The zero-order valence-corrected chi connectivity index (χ0v) is 16.3. The van der Waals surface area contributed by atoms with Gasteiger partial charge < -0.3 is 15.1 Å². The van der Waals surface area contributed by atoms with E-state index in [9.17, 15) is 14.0 Å². The van der Waals surface area contributed by atoms with E-state index in [1.165, 1.54) is 23.5 Å². The maximum atomic E-state index is 13.1. The lowest BCUT2D eigenvalue weighted by Gasteiger charge is -2.38. The first-order valence-corrected chi connectivity index (χ1v) is 9.97. The Hall–Kier alpha value is -2.41. The van der Waals surface area contributed by atoms with Crippen molar-refractivity contribution in [3.05, 3.63) is 52.5 Å². The molecule has 3 rings (SSSR count). The first-order valence-electron chi connectivity index (χ1n) is 9.09. The molecule has 0 bridgehead atoms. The predicted octanol–water partition coefficient (Wildman–Crippen LogP) is 2.99. The van der Waals surface area contributed by atoms with E-state index in [1.807, 2.05) is 25.3 Å². The summed E-state index contributed by atoms with van der Waals surface area (Å²) < 4.78 is 13.1. The van der Waals surface area contributed by atoms with Gasteiger partial charge in [-0.1, -0.05) is 19.9 Å². The molecule has 1 aromatic carbocycles. The van der Waals surface area contributed by atoms with Gasteiger partial charge in [-0.2, -0.15) is 0 Å². The number of carbonyl (C=O) groups excluding carboxylic acids is 2. The number of amides is 2. The Morgan fingerprint density at radius 3 is 2.30 bits per heavy atom. The van der Waals surface area contributed by atoms with Crippen LogP contribution in [0.25, 0.3) is 0 Å². The third-order valence-electron chi connectivity index (χ3n) is 4.75. The first kappa shape index (κ1) is 19.4. The minimum absolute atomic E-state index is 0.00320. The van der Waals surface area contributed by atoms with Gasteiger partial charge in [0.2, 0.25) is 5.91 Å². The van der Waals surface area contributed by atoms with E-state index < -0.39 is 6.04 Å². The number of carbonyl (C=O) groups is 2. The largest absolute Gasteiger partial charge is 0.368 e. The van der Waals surface area contributed by atoms with Crippen LogP contribution in [0.1, 0.15) is 23.5 Å². The summed E-state index contributed by atoms with van der Waals surface area (Å²) in [6.07, 6.45) is 0. The molecule has 0 unspecified atom stereocenters. The van der Waals surface area contributed by atoms with Crippen LogP contribution in [-0.2, 0) is 4.79 Å². The van der Waals surface area contributed by atoms with Crippen LogP contribution in [0.2, 0.25) is 0 Å². The van der Waals surface area contributed by atoms with Crippen LogP contribution in [0.5, 0.6) is 0 Å². The van der Waals surface area contributed by atoms with E-state index >= 15 is 0 Å². The second-order valence-electron chi connectivity index (χ2n) is 6.96. The molecule has 0 radical (unpaired) electrons. The van der Waals surface area contributed by atoms with Gasteiger partial charge in [0.05, 0.1) is 4.88 Å². The second kappa shape index (κ2) is 8.52. The van der Waals surface area contributed by atoms with Gasteiger partial charge in [0.15, 0.2) is 0 Å². The van der Waals surface area contributed by atoms with Crippen molar-refractivity contribution in [2.45, 2.75) is 19.9 Å². The summed E-state index contributed by atoms with van der Waals surface area (Å²) in [5.41, 5.74) is 0.954. The Balaban J connectivity index is 1.60. The van der Waals surface area contributed by atoms with Crippen molar-refractivity contribution in [3.63, 3.8) is 0 Å². The topological polar surface area (TPSA) is 52.7 Å². The summed E-state index contributed by atoms with van der Waals surface area (Å²) in [5, 5.41) is 4.73. The van der Waals surface area contributed by atoms with Crippen molar-refractivity contribution in [2.24, 2.45) is 5.92 Å². The first-order chi connectivity index (χ1) is 13.0. The molecule has 1 saturated heterocycles. The molecule has 1 N–H and O–H groups in total. The van der Waals surface area contributed by atoms with Gasteiger partial charge in [-0.05, 0) is 41.6 Å². The average molecular weight is 389 g/mol. The Kier molecular flexibility index (Phi) is 6.11. The van der Waals surface area contributed by atoms with E-state index in [1.54, 1.807) is 23.1 Å². The molecule has 1 atom stereocenters. The maximum absolute atomic E-state index is 13.1. The minimum Gasteiger partial charge on any atom is -0.368 e. The molecule has 27 heavy (non-hydrogen) atoms. The molecule has 2 amide bonds. The standard InChI is InChI=1S/C20H24FN3O2S/c1-14(2)18(22-19(25)17-4-3-13-27-17)20(26)24-11-9-23(10-12-24)16-7-5-15(21)6-8-16/h3-8,13-14,18H,9-12H2,1-2H3,(H,22,25)/t18-/m1/s1. The summed E-state index contributed by atoms with van der Waals surface area (Å²) in [7, 11) is 0. The van der Waals surface area contributed by atoms with Gasteiger partial charge in [0.25, 0.3) is 5.91 Å². The Morgan fingerprint density at radius 2 is 1.74 bits per heavy atom. The molecule has 0 aliphatic carbocycles. The Labute approximate surface area is 162 Å². The molecule has 0 spiro atoms. The fourth-order valence-electron chi connectivity index (χ4n) is 3.17. The molecular weight excluding hydrogens is 365 g/mol. The van der Waals surface area contributed by atoms with Gasteiger partial charge >= 0.3 is 0 Å². The van der Waals surface area contributed by atoms with Crippen LogP contribution < -0.4 is 10.2 Å². The number of nitrogens with zero attached hydrogens (tertiary/aromatic N) is 2. The van der Waals surface area contributed by atoms with Gasteiger partial charge in [-0.3, -0.25) is 9.59 Å². The number of thiophene rings is 1. The van der Waals surface area contributed by atoms with Gasteiger partial charge in [-0.15, -0.1) is 11.3 Å². The van der Waals surface area contributed by atoms with E-state index in [0.29, 0.717) is 31.1 Å². The number of nitrogens with one attached hydrogen (secondary N) is 1. The number of hydrogen-bond acceptors (Lipinski definition) is 4. The zero-order valence-electron chi connectivity index (χ0n) is 15.5. The zero-order chi connectivity index (χ0) is 19.4. The number of halogens is 1. The fourth-order valence-corrected chi connectivity index (χ4v) is 3.79. The summed E-state index contributed by atoms with van der Waals surface area (Å²) in [5.74, 6) is -0.513. The molecule has 2 heterocycles. The van der Waals surface area contributed by atoms with Crippen LogP contribution in [0.4, 0.5) is 10.1 Å². The summed E-state index contributed by atoms with van der Waals surface area (Å²) in [6.45, 7) is 6.39. The van der Waals surface area contributed by atoms with E-state index in [-0.39, 0.29) is 23.5 Å². The SMILES string of the molecule is CC(C)[C@@H](NC(=O)c1cccs1)C(=O)N1CCN(c2ccc(F)cc2)CC1. The Morgan fingerprint density at radius 1 is 1.07 bits per heavy atom. The van der Waals surface area contributed by atoms with Crippen LogP contribution in [0.15, 0.2) is 41.8 Å². The fraction of sp³-hybridized carbons (Fsp3) is 0.400. The van der Waals surface area contributed by atoms with Crippen LogP contribution in [0, 0.1) is 11.7 Å². The molecule has 1 fully saturated rings. The highest BCUT2D eigenvalue weighted by molar-refractivity contribution is 7.12. The van der Waals surface area contributed by atoms with Crippen molar-refractivity contribution in [1.82, 2.24) is 10.2 Å².